The number of carbonyl (C=O) groups is 1. The summed E-state index contributed by atoms with van der Waals surface area (Å²) in [4.78, 5) is 11.7. The average Bonchev–Trinajstić information content (AvgIpc) is 2.46. The molecule has 1 rings (SSSR count). The number of hydrogen-bond acceptors (Lipinski definition) is 3. The van der Waals surface area contributed by atoms with E-state index in [1.807, 2.05) is 13.0 Å². The molecular weight excluding hydrogens is 285 g/mol. The SMILES string of the molecule is CC(C)COC[C@H](C)NC(=O)NCc1cc(C#N)ccc1F. The molecular formula is C16H22FN3O2. The summed E-state index contributed by atoms with van der Waals surface area (Å²) in [5.74, 6) is -0.0102. The maximum atomic E-state index is 13.6. The van der Waals surface area contributed by atoms with Crippen LogP contribution in [0, 0.1) is 23.1 Å². The first-order valence-corrected chi connectivity index (χ1v) is 7.23. The minimum Gasteiger partial charge on any atom is -0.379 e. The van der Waals surface area contributed by atoms with Crippen molar-refractivity contribution < 1.29 is 13.9 Å². The minimum absolute atomic E-state index is 0.0206. The van der Waals surface area contributed by atoms with E-state index in [1.54, 1.807) is 0 Å². The lowest BCUT2D eigenvalue weighted by atomic mass is 10.1. The third kappa shape index (κ3) is 6.55. The Balaban J connectivity index is 2.38. The lowest BCUT2D eigenvalue weighted by Gasteiger charge is -2.16. The van der Waals surface area contributed by atoms with Crippen molar-refractivity contribution in [3.8, 4) is 6.07 Å². The van der Waals surface area contributed by atoms with Crippen LogP contribution in [0.5, 0.6) is 0 Å². The van der Waals surface area contributed by atoms with E-state index < -0.39 is 11.8 Å². The quantitative estimate of drug-likeness (QED) is 0.813. The molecule has 0 heterocycles. The molecule has 2 N–H and O–H groups in total. The van der Waals surface area contributed by atoms with Crippen LogP contribution in [0.1, 0.15) is 31.9 Å². The summed E-state index contributed by atoms with van der Waals surface area (Å²) in [6, 6.07) is 5.43. The largest absolute Gasteiger partial charge is 0.379 e. The highest BCUT2D eigenvalue weighted by Crippen LogP contribution is 2.09. The van der Waals surface area contributed by atoms with Crippen molar-refractivity contribution in [2.45, 2.75) is 33.4 Å². The van der Waals surface area contributed by atoms with Crippen molar-refractivity contribution in [2.75, 3.05) is 13.2 Å². The van der Waals surface area contributed by atoms with Crippen LogP contribution in [-0.2, 0) is 11.3 Å². The summed E-state index contributed by atoms with van der Waals surface area (Å²) in [6.45, 7) is 7.01. The molecule has 120 valence electrons. The maximum absolute atomic E-state index is 13.6. The lowest BCUT2D eigenvalue weighted by molar-refractivity contribution is 0.0954. The molecule has 0 saturated heterocycles. The van der Waals surface area contributed by atoms with Crippen LogP contribution >= 0.6 is 0 Å². The van der Waals surface area contributed by atoms with Crippen molar-refractivity contribution in [3.05, 3.63) is 35.1 Å². The number of urea groups is 1. The molecule has 22 heavy (non-hydrogen) atoms. The van der Waals surface area contributed by atoms with E-state index in [0.29, 0.717) is 24.7 Å². The van der Waals surface area contributed by atoms with Crippen LogP contribution in [0.25, 0.3) is 0 Å². The second kappa shape index (κ2) is 9.00. The predicted octanol–water partition coefficient (Wildman–Crippen LogP) is 2.56. The van der Waals surface area contributed by atoms with E-state index in [-0.39, 0.29) is 18.2 Å². The highest BCUT2D eigenvalue weighted by molar-refractivity contribution is 5.74. The van der Waals surface area contributed by atoms with Crippen molar-refractivity contribution in [1.82, 2.24) is 10.6 Å². The molecule has 0 saturated carbocycles. The van der Waals surface area contributed by atoms with Gasteiger partial charge in [0.15, 0.2) is 0 Å². The van der Waals surface area contributed by atoms with Gasteiger partial charge in [-0.2, -0.15) is 5.26 Å². The minimum atomic E-state index is -0.451. The van der Waals surface area contributed by atoms with Crippen LogP contribution in [0.2, 0.25) is 0 Å². The molecule has 0 aliphatic rings. The van der Waals surface area contributed by atoms with E-state index >= 15 is 0 Å². The maximum Gasteiger partial charge on any atom is 0.315 e. The van der Waals surface area contributed by atoms with Gasteiger partial charge in [-0.1, -0.05) is 13.8 Å². The van der Waals surface area contributed by atoms with Gasteiger partial charge in [0.05, 0.1) is 24.3 Å². The van der Waals surface area contributed by atoms with Crippen LogP contribution in [0.3, 0.4) is 0 Å². The number of amides is 2. The summed E-state index contributed by atoms with van der Waals surface area (Å²) in [6.07, 6.45) is 0. The molecule has 0 radical (unpaired) electrons. The Hall–Kier alpha value is -2.13. The van der Waals surface area contributed by atoms with E-state index in [0.717, 1.165) is 0 Å². The van der Waals surface area contributed by atoms with E-state index in [9.17, 15) is 9.18 Å². The highest BCUT2D eigenvalue weighted by Gasteiger charge is 2.09. The van der Waals surface area contributed by atoms with Gasteiger partial charge in [-0.05, 0) is 31.0 Å². The summed E-state index contributed by atoms with van der Waals surface area (Å²) >= 11 is 0. The number of halogens is 1. The van der Waals surface area contributed by atoms with Gasteiger partial charge in [0.1, 0.15) is 5.82 Å². The summed E-state index contributed by atoms with van der Waals surface area (Å²) in [7, 11) is 0. The average molecular weight is 307 g/mol. The van der Waals surface area contributed by atoms with Gasteiger partial charge >= 0.3 is 6.03 Å². The fourth-order valence-electron chi connectivity index (χ4n) is 1.75. The first kappa shape index (κ1) is 17.9. The van der Waals surface area contributed by atoms with E-state index in [4.69, 9.17) is 10.00 Å². The molecule has 5 nitrogen and oxygen atoms in total. The van der Waals surface area contributed by atoms with Gasteiger partial charge in [-0.25, -0.2) is 9.18 Å². The van der Waals surface area contributed by atoms with Gasteiger partial charge in [-0.3, -0.25) is 0 Å². The van der Waals surface area contributed by atoms with Gasteiger partial charge in [0.2, 0.25) is 0 Å². The zero-order valence-corrected chi connectivity index (χ0v) is 13.1. The van der Waals surface area contributed by atoms with E-state index in [2.05, 4.69) is 24.5 Å². The molecule has 6 heteroatoms. The normalized spacial score (nSPS) is 11.8. The third-order valence-electron chi connectivity index (χ3n) is 2.81. The van der Waals surface area contributed by atoms with E-state index in [1.165, 1.54) is 18.2 Å². The van der Waals surface area contributed by atoms with Crippen molar-refractivity contribution in [1.29, 1.82) is 5.26 Å². The van der Waals surface area contributed by atoms with Gasteiger partial charge in [0.25, 0.3) is 0 Å². The zero-order valence-electron chi connectivity index (χ0n) is 13.1. The monoisotopic (exact) mass is 307 g/mol. The van der Waals surface area contributed by atoms with Crippen LogP contribution in [0.4, 0.5) is 9.18 Å². The Bertz CT molecular complexity index is 541. The van der Waals surface area contributed by atoms with Crippen molar-refractivity contribution in [2.24, 2.45) is 5.92 Å². The summed E-state index contributed by atoms with van der Waals surface area (Å²) in [5, 5.41) is 14.1. The molecule has 1 atom stereocenters. The fraction of sp³-hybridized carbons (Fsp3) is 0.500. The first-order chi connectivity index (χ1) is 10.4. The Labute approximate surface area is 130 Å². The summed E-state index contributed by atoms with van der Waals surface area (Å²) in [5.41, 5.74) is 0.631. The Morgan fingerprint density at radius 3 is 2.73 bits per heavy atom. The standard InChI is InChI=1S/C16H22FN3O2/c1-11(2)9-22-10-12(3)20-16(21)19-8-14-6-13(7-18)4-5-15(14)17/h4-6,11-12H,8-10H2,1-3H3,(H2,19,20,21)/t12-/m0/s1. The highest BCUT2D eigenvalue weighted by atomic mass is 19.1. The van der Waals surface area contributed by atoms with Crippen LogP contribution in [0.15, 0.2) is 18.2 Å². The Morgan fingerprint density at radius 2 is 2.09 bits per heavy atom. The second-order valence-corrected chi connectivity index (χ2v) is 5.58. The topological polar surface area (TPSA) is 74.2 Å². The molecule has 0 aromatic heterocycles. The molecule has 0 aliphatic carbocycles. The molecule has 1 aromatic carbocycles. The number of hydrogen-bond donors (Lipinski definition) is 2. The molecule has 0 spiro atoms. The predicted molar refractivity (Wildman–Crippen MR) is 81.6 cm³/mol. The van der Waals surface area contributed by atoms with Gasteiger partial charge < -0.3 is 15.4 Å². The second-order valence-electron chi connectivity index (χ2n) is 5.58. The number of ether oxygens (including phenoxy) is 1. The van der Waals surface area contributed by atoms with Crippen molar-refractivity contribution >= 4 is 6.03 Å². The molecule has 0 bridgehead atoms. The summed E-state index contributed by atoms with van der Waals surface area (Å²) < 4.78 is 19.0. The van der Waals surface area contributed by atoms with Gasteiger partial charge in [0, 0.05) is 18.7 Å². The molecule has 0 fully saturated rings. The zero-order chi connectivity index (χ0) is 16.5. The number of carbonyl (C=O) groups excluding carboxylic acids is 1. The number of rotatable bonds is 7. The number of nitrogens with zero attached hydrogens (tertiary/aromatic N) is 1. The Morgan fingerprint density at radius 1 is 1.36 bits per heavy atom. The Kier molecular flexibility index (Phi) is 7.33. The first-order valence-electron chi connectivity index (χ1n) is 7.23. The van der Waals surface area contributed by atoms with Crippen LogP contribution in [-0.4, -0.2) is 25.3 Å². The number of nitrogens with one attached hydrogen (secondary N) is 2. The molecule has 0 unspecified atom stereocenters. The number of benzene rings is 1. The van der Waals surface area contributed by atoms with Gasteiger partial charge in [-0.15, -0.1) is 0 Å². The molecule has 0 aliphatic heterocycles. The molecule has 1 aromatic rings. The number of nitriles is 1. The smallest absolute Gasteiger partial charge is 0.315 e. The molecule has 2 amide bonds. The van der Waals surface area contributed by atoms with Crippen LogP contribution < -0.4 is 10.6 Å². The third-order valence-corrected chi connectivity index (χ3v) is 2.81. The lowest BCUT2D eigenvalue weighted by Crippen LogP contribution is -2.42. The van der Waals surface area contributed by atoms with Crippen molar-refractivity contribution in [3.63, 3.8) is 0 Å². The fourth-order valence-corrected chi connectivity index (χ4v) is 1.75.